The van der Waals surface area contributed by atoms with Crippen LogP contribution < -0.4 is 5.32 Å². The minimum atomic E-state index is -0.833. The fourth-order valence-corrected chi connectivity index (χ4v) is 3.04. The lowest BCUT2D eigenvalue weighted by Crippen LogP contribution is -2.23. The number of hydrogen-bond acceptors (Lipinski definition) is 7. The van der Waals surface area contributed by atoms with Gasteiger partial charge in [0.15, 0.2) is 0 Å². The quantitative estimate of drug-likeness (QED) is 0.612. The van der Waals surface area contributed by atoms with Gasteiger partial charge >= 0.3 is 12.2 Å². The molecule has 2 aromatic rings. The third-order valence-corrected chi connectivity index (χ3v) is 4.46. The Labute approximate surface area is 158 Å². The van der Waals surface area contributed by atoms with Crippen LogP contribution in [0.4, 0.5) is 9.59 Å². The Balaban J connectivity index is 1.59. The first-order chi connectivity index (χ1) is 13.0. The maximum absolute atomic E-state index is 12.4. The molecule has 0 radical (unpaired) electrons. The van der Waals surface area contributed by atoms with E-state index in [0.29, 0.717) is 6.54 Å². The number of carbonyl (C=O) groups excluding carboxylic acids is 2. The second-order valence-electron chi connectivity index (χ2n) is 6.75. The van der Waals surface area contributed by atoms with E-state index in [1.54, 1.807) is 6.20 Å². The molecule has 0 bridgehead atoms. The molecule has 0 amide bonds. The Morgan fingerprint density at radius 3 is 2.81 bits per heavy atom. The van der Waals surface area contributed by atoms with Crippen molar-refractivity contribution in [3.63, 3.8) is 0 Å². The fourth-order valence-electron chi connectivity index (χ4n) is 3.04. The summed E-state index contributed by atoms with van der Waals surface area (Å²) in [4.78, 5) is 26.1. The largest absolute Gasteiger partial charge is 0.511 e. The number of carbonyl (C=O) groups is 2. The van der Waals surface area contributed by atoms with E-state index in [9.17, 15) is 9.59 Å². The van der Waals surface area contributed by atoms with Crippen LogP contribution in [0, 0.1) is 0 Å². The molecular weight excluding hydrogens is 350 g/mol. The smallest absolute Gasteiger partial charge is 0.429 e. The first-order valence-electron chi connectivity index (χ1n) is 8.99. The SMILES string of the molecule is CN(C)CCc1cn(C(=O)OCOC(=O)OC2CCNC2)c2ccccc12. The standard InChI is InChI=1S/C19H25N3O5/c1-21(2)10-8-14-12-22(17-6-4-3-5-16(14)17)18(23)25-13-26-19(24)27-15-7-9-20-11-15/h3-6,12,15,20H,7-11,13H2,1-2H3. The van der Waals surface area contributed by atoms with Crippen LogP contribution in [-0.4, -0.2) is 68.3 Å². The third-order valence-electron chi connectivity index (χ3n) is 4.46. The van der Waals surface area contributed by atoms with Gasteiger partial charge in [-0.1, -0.05) is 18.2 Å². The molecule has 1 aromatic heterocycles. The number of benzene rings is 1. The Hall–Kier alpha value is -2.58. The molecule has 1 aromatic carbocycles. The Morgan fingerprint density at radius 1 is 1.26 bits per heavy atom. The van der Waals surface area contributed by atoms with E-state index in [4.69, 9.17) is 14.2 Å². The summed E-state index contributed by atoms with van der Waals surface area (Å²) >= 11 is 0. The van der Waals surface area contributed by atoms with E-state index < -0.39 is 19.0 Å². The molecule has 8 heteroatoms. The molecule has 1 N–H and O–H groups in total. The van der Waals surface area contributed by atoms with Gasteiger partial charge < -0.3 is 24.4 Å². The first kappa shape index (κ1) is 19.2. The van der Waals surface area contributed by atoms with Crippen LogP contribution in [0.1, 0.15) is 12.0 Å². The number of ether oxygens (including phenoxy) is 3. The van der Waals surface area contributed by atoms with E-state index >= 15 is 0 Å². The molecule has 1 saturated heterocycles. The minimum absolute atomic E-state index is 0.194. The molecule has 146 valence electrons. The van der Waals surface area contributed by atoms with E-state index in [1.807, 2.05) is 38.4 Å². The highest BCUT2D eigenvalue weighted by atomic mass is 16.8. The van der Waals surface area contributed by atoms with Gasteiger partial charge in [0, 0.05) is 24.7 Å². The molecule has 3 rings (SSSR count). The van der Waals surface area contributed by atoms with E-state index in [0.717, 1.165) is 42.4 Å². The van der Waals surface area contributed by atoms with Crippen LogP contribution in [0.15, 0.2) is 30.5 Å². The molecule has 2 heterocycles. The van der Waals surface area contributed by atoms with Crippen molar-refractivity contribution in [2.24, 2.45) is 0 Å². The number of likely N-dealkylation sites (N-methyl/N-ethyl adjacent to an activating group) is 1. The Kier molecular flexibility index (Phi) is 6.31. The van der Waals surface area contributed by atoms with Gasteiger partial charge in [0.25, 0.3) is 0 Å². The van der Waals surface area contributed by atoms with Crippen molar-refractivity contribution >= 4 is 23.2 Å². The maximum Gasteiger partial charge on any atom is 0.511 e. The summed E-state index contributed by atoms with van der Waals surface area (Å²) < 4.78 is 16.5. The zero-order valence-electron chi connectivity index (χ0n) is 15.6. The zero-order valence-corrected chi connectivity index (χ0v) is 15.6. The molecule has 1 fully saturated rings. The first-order valence-corrected chi connectivity index (χ1v) is 8.99. The minimum Gasteiger partial charge on any atom is -0.429 e. The van der Waals surface area contributed by atoms with Crippen LogP contribution in [0.5, 0.6) is 0 Å². The molecule has 1 aliphatic rings. The molecule has 1 unspecified atom stereocenters. The van der Waals surface area contributed by atoms with Gasteiger partial charge in [0.1, 0.15) is 6.10 Å². The van der Waals surface area contributed by atoms with Gasteiger partial charge in [-0.15, -0.1) is 0 Å². The van der Waals surface area contributed by atoms with Gasteiger partial charge in [-0.05, 0) is 45.1 Å². The average molecular weight is 375 g/mol. The van der Waals surface area contributed by atoms with Gasteiger partial charge in [0.2, 0.25) is 6.79 Å². The molecule has 0 spiro atoms. The fraction of sp³-hybridized carbons (Fsp3) is 0.474. The topological polar surface area (TPSA) is 82.0 Å². The summed E-state index contributed by atoms with van der Waals surface area (Å²) in [5.74, 6) is 0. The summed E-state index contributed by atoms with van der Waals surface area (Å²) in [7, 11) is 4.01. The van der Waals surface area contributed by atoms with Crippen molar-refractivity contribution in [2.45, 2.75) is 18.9 Å². The molecule has 0 aliphatic carbocycles. The normalized spacial score (nSPS) is 16.6. The van der Waals surface area contributed by atoms with Crippen molar-refractivity contribution in [2.75, 3.05) is 40.5 Å². The molecule has 8 nitrogen and oxygen atoms in total. The van der Waals surface area contributed by atoms with E-state index in [-0.39, 0.29) is 6.10 Å². The van der Waals surface area contributed by atoms with Crippen LogP contribution in [0.3, 0.4) is 0 Å². The lowest BCUT2D eigenvalue weighted by atomic mass is 10.1. The number of para-hydroxylation sites is 1. The number of hydrogen-bond donors (Lipinski definition) is 1. The average Bonchev–Trinajstić information content (AvgIpc) is 3.27. The third kappa shape index (κ3) is 4.99. The van der Waals surface area contributed by atoms with E-state index in [2.05, 4.69) is 10.2 Å². The van der Waals surface area contributed by atoms with Gasteiger partial charge in [0.05, 0.1) is 5.52 Å². The van der Waals surface area contributed by atoms with Gasteiger partial charge in [-0.3, -0.25) is 4.57 Å². The molecule has 1 atom stereocenters. The monoisotopic (exact) mass is 375 g/mol. The van der Waals surface area contributed by atoms with Gasteiger partial charge in [-0.25, -0.2) is 9.59 Å². The van der Waals surface area contributed by atoms with Crippen LogP contribution in [0.25, 0.3) is 10.9 Å². The Morgan fingerprint density at radius 2 is 2.07 bits per heavy atom. The van der Waals surface area contributed by atoms with Crippen molar-refractivity contribution in [3.8, 4) is 0 Å². The second kappa shape index (κ2) is 8.88. The molecule has 1 aliphatic heterocycles. The van der Waals surface area contributed by atoms with Crippen LogP contribution >= 0.6 is 0 Å². The highest BCUT2D eigenvalue weighted by Gasteiger charge is 2.20. The lowest BCUT2D eigenvalue weighted by molar-refractivity contribution is -0.0262. The van der Waals surface area contributed by atoms with Gasteiger partial charge in [-0.2, -0.15) is 0 Å². The van der Waals surface area contributed by atoms with E-state index in [1.165, 1.54) is 4.57 Å². The summed E-state index contributed by atoms with van der Waals surface area (Å²) in [6, 6.07) is 7.64. The van der Waals surface area contributed by atoms with Crippen molar-refractivity contribution in [1.82, 2.24) is 14.8 Å². The number of aromatic nitrogens is 1. The molecule has 27 heavy (non-hydrogen) atoms. The highest BCUT2D eigenvalue weighted by molar-refractivity contribution is 5.92. The predicted molar refractivity (Wildman–Crippen MR) is 99.8 cm³/mol. The number of rotatable bonds is 6. The van der Waals surface area contributed by atoms with Crippen LogP contribution in [-0.2, 0) is 20.6 Å². The summed E-state index contributed by atoms with van der Waals surface area (Å²) in [5, 5.41) is 4.09. The maximum atomic E-state index is 12.4. The Bertz CT molecular complexity index is 796. The van der Waals surface area contributed by atoms with Crippen molar-refractivity contribution in [3.05, 3.63) is 36.0 Å². The predicted octanol–water partition coefficient (Wildman–Crippen LogP) is 2.20. The highest BCUT2D eigenvalue weighted by Crippen LogP contribution is 2.22. The number of nitrogens with zero attached hydrogens (tertiary/aromatic N) is 2. The summed E-state index contributed by atoms with van der Waals surface area (Å²) in [6.07, 6.45) is 1.71. The van der Waals surface area contributed by atoms with Crippen LogP contribution in [0.2, 0.25) is 0 Å². The van der Waals surface area contributed by atoms with Crippen molar-refractivity contribution < 1.29 is 23.8 Å². The summed E-state index contributed by atoms with van der Waals surface area (Å²) in [6.45, 7) is 1.80. The molecule has 0 saturated carbocycles. The lowest BCUT2D eigenvalue weighted by Gasteiger charge is -2.11. The number of nitrogens with one attached hydrogen (secondary N) is 1. The number of fused-ring (bicyclic) bond motifs is 1. The van der Waals surface area contributed by atoms with Crippen molar-refractivity contribution in [1.29, 1.82) is 0 Å². The second-order valence-corrected chi connectivity index (χ2v) is 6.75. The zero-order chi connectivity index (χ0) is 19.2. The summed E-state index contributed by atoms with van der Waals surface area (Å²) in [5.41, 5.74) is 1.82. The molecular formula is C19H25N3O5.